The zero-order valence-corrected chi connectivity index (χ0v) is 34.4. The van der Waals surface area contributed by atoms with Gasteiger partial charge in [-0.25, -0.2) is 4.79 Å². The Morgan fingerprint density at radius 2 is 1.05 bits per heavy atom. The highest BCUT2D eigenvalue weighted by Crippen LogP contribution is 2.58. The van der Waals surface area contributed by atoms with Gasteiger partial charge in [0.15, 0.2) is 23.0 Å². The molecule has 10 nitrogen and oxygen atoms in total. The predicted octanol–water partition coefficient (Wildman–Crippen LogP) is 12.3. The molecule has 0 fully saturated rings. The van der Waals surface area contributed by atoms with E-state index in [4.69, 9.17) is 28.4 Å². The van der Waals surface area contributed by atoms with Crippen molar-refractivity contribution in [1.29, 1.82) is 5.26 Å². The number of benzene rings is 4. The molecule has 10 heteroatoms. The van der Waals surface area contributed by atoms with Crippen LogP contribution in [0.1, 0.15) is 110 Å². The van der Waals surface area contributed by atoms with Gasteiger partial charge in [-0.05, 0) is 91.2 Å². The molecule has 1 N–H and O–H groups in total. The zero-order chi connectivity index (χ0) is 41.3. The van der Waals surface area contributed by atoms with E-state index in [2.05, 4.69) is 55.1 Å². The van der Waals surface area contributed by atoms with E-state index in [9.17, 15) is 15.2 Å². The van der Waals surface area contributed by atoms with Crippen LogP contribution in [0.5, 0.6) is 34.5 Å². The van der Waals surface area contributed by atoms with Gasteiger partial charge < -0.3 is 38.4 Å². The molecule has 2 aliphatic heterocycles. The molecule has 2 heterocycles. The lowest BCUT2D eigenvalue weighted by Gasteiger charge is -2.26. The summed E-state index contributed by atoms with van der Waals surface area (Å²) in [6.07, 6.45) is 14.3. The molecule has 0 saturated carbocycles. The van der Waals surface area contributed by atoms with Gasteiger partial charge in [-0.3, -0.25) is 0 Å². The first-order valence-electron chi connectivity index (χ1n) is 20.3. The van der Waals surface area contributed by atoms with E-state index in [1.54, 1.807) is 33.8 Å². The van der Waals surface area contributed by atoms with Gasteiger partial charge in [0.2, 0.25) is 11.6 Å². The number of hydrogen-bond donors (Lipinski definition) is 1. The number of hydrogen-bond acceptors (Lipinski definition) is 9. The van der Waals surface area contributed by atoms with Crippen molar-refractivity contribution in [1.82, 2.24) is 0 Å². The van der Waals surface area contributed by atoms with Crippen molar-refractivity contribution in [3.8, 4) is 40.6 Å². The van der Waals surface area contributed by atoms with Crippen LogP contribution in [0.25, 0.3) is 18.2 Å². The van der Waals surface area contributed by atoms with E-state index < -0.39 is 23.1 Å². The van der Waals surface area contributed by atoms with E-state index in [-0.39, 0.29) is 17.1 Å². The molecule has 6 rings (SSSR count). The number of carbonyl (C=O) groups is 1. The van der Waals surface area contributed by atoms with Crippen LogP contribution < -0.4 is 33.3 Å². The number of ether oxygens (including phenoxy) is 6. The summed E-state index contributed by atoms with van der Waals surface area (Å²) in [4.78, 5) is 14.0. The first-order valence-corrected chi connectivity index (χ1v) is 20.3. The van der Waals surface area contributed by atoms with Gasteiger partial charge in [0.25, 0.3) is 0 Å². The van der Waals surface area contributed by atoms with E-state index in [1.807, 2.05) is 48.6 Å². The minimum atomic E-state index is -1.37. The molecule has 58 heavy (non-hydrogen) atoms. The largest absolute Gasteiger partial charge is 0.494 e. The topological polar surface area (TPSA) is 120 Å². The summed E-state index contributed by atoms with van der Waals surface area (Å²) in [6.45, 7) is 12.8. The third-order valence-corrected chi connectivity index (χ3v) is 9.74. The average Bonchev–Trinajstić information content (AvgIpc) is 3.71. The third-order valence-electron chi connectivity index (χ3n) is 9.74. The van der Waals surface area contributed by atoms with Gasteiger partial charge in [-0.2, -0.15) is 5.26 Å². The van der Waals surface area contributed by atoms with Crippen molar-refractivity contribution in [2.75, 3.05) is 18.1 Å². The number of aliphatic carboxylic acids is 1. The summed E-state index contributed by atoms with van der Waals surface area (Å²) in [5.74, 6) is -0.565. The van der Waals surface area contributed by atoms with Crippen molar-refractivity contribution in [2.45, 2.75) is 104 Å². The SMILES string of the molecule is CCCCCCOc1ccc(N(c2ccc(/C=C/c3c4c(c(/C=C(\C#N)C(=O)O)c5c3OC(C)(C)O5)OC(C)(C)O4)cc2)c2ccc(OCCCCCC)cc2)cc1. The molecule has 2 aliphatic rings. The molecule has 0 saturated heterocycles. The molecule has 4 aromatic carbocycles. The normalized spacial score (nSPS) is 14.7. The Labute approximate surface area is 342 Å². The Balaban J connectivity index is 1.30. The molecule has 0 amide bonds. The zero-order valence-electron chi connectivity index (χ0n) is 34.4. The predicted molar refractivity (Wildman–Crippen MR) is 228 cm³/mol. The lowest BCUT2D eigenvalue weighted by Crippen LogP contribution is -2.31. The Kier molecular flexibility index (Phi) is 13.2. The maximum Gasteiger partial charge on any atom is 0.346 e. The van der Waals surface area contributed by atoms with Crippen LogP contribution in [0.4, 0.5) is 17.1 Å². The van der Waals surface area contributed by atoms with Crippen LogP contribution in [0.2, 0.25) is 0 Å². The molecule has 0 atom stereocenters. The van der Waals surface area contributed by atoms with E-state index in [0.717, 1.165) is 47.0 Å². The number of carboxylic acid groups (broad SMARTS) is 1. The van der Waals surface area contributed by atoms with Crippen LogP contribution in [-0.4, -0.2) is 35.9 Å². The lowest BCUT2D eigenvalue weighted by molar-refractivity contribution is -0.132. The lowest BCUT2D eigenvalue weighted by atomic mass is 10.0. The number of nitriles is 1. The molecule has 4 aromatic rings. The van der Waals surface area contributed by atoms with Crippen LogP contribution in [0.3, 0.4) is 0 Å². The first-order chi connectivity index (χ1) is 27.9. The van der Waals surface area contributed by atoms with Crippen LogP contribution in [0.15, 0.2) is 78.4 Å². The monoisotopic (exact) mass is 786 g/mol. The van der Waals surface area contributed by atoms with Crippen molar-refractivity contribution < 1.29 is 38.3 Å². The van der Waals surface area contributed by atoms with Gasteiger partial charge in [0.1, 0.15) is 23.1 Å². The summed E-state index contributed by atoms with van der Waals surface area (Å²) in [6, 6.07) is 26.4. The summed E-state index contributed by atoms with van der Waals surface area (Å²) >= 11 is 0. The van der Waals surface area contributed by atoms with Crippen LogP contribution >= 0.6 is 0 Å². The summed E-state index contributed by atoms with van der Waals surface area (Å²) in [7, 11) is 0. The highest BCUT2D eigenvalue weighted by Gasteiger charge is 2.44. The van der Waals surface area contributed by atoms with Crippen molar-refractivity contribution in [3.63, 3.8) is 0 Å². The number of carboxylic acids is 1. The molecular formula is C48H54N2O8. The van der Waals surface area contributed by atoms with Crippen molar-refractivity contribution in [2.24, 2.45) is 0 Å². The fourth-order valence-electron chi connectivity index (χ4n) is 6.88. The summed E-state index contributed by atoms with van der Waals surface area (Å²) in [5.41, 5.74) is 4.18. The highest BCUT2D eigenvalue weighted by molar-refractivity contribution is 5.99. The summed E-state index contributed by atoms with van der Waals surface area (Å²) < 4.78 is 37.0. The fourth-order valence-corrected chi connectivity index (χ4v) is 6.88. The van der Waals surface area contributed by atoms with Gasteiger partial charge in [0.05, 0.1) is 24.3 Å². The van der Waals surface area contributed by atoms with Gasteiger partial charge >= 0.3 is 5.97 Å². The molecule has 0 unspecified atom stereocenters. The molecule has 0 spiro atoms. The van der Waals surface area contributed by atoms with Gasteiger partial charge in [-0.15, -0.1) is 0 Å². The van der Waals surface area contributed by atoms with E-state index >= 15 is 0 Å². The second-order valence-corrected chi connectivity index (χ2v) is 15.4. The second-order valence-electron chi connectivity index (χ2n) is 15.4. The number of unbranched alkanes of at least 4 members (excludes halogenated alkanes) is 6. The maximum atomic E-state index is 11.8. The Hall–Kier alpha value is -6.08. The standard InChI is InChI=1S/C48H54N2O8/c1-7-9-11-13-29-53-38-24-20-36(21-25-38)50(37-22-26-39(27-23-37)54-30-14-12-10-8-2)35-18-15-33(16-19-35)17-28-40-42-44(57-47(3,4)55-42)41(31-34(32-49)46(51)52)45-43(40)56-48(5,6)58-45/h15-28,31H,7-14,29-30H2,1-6H3,(H,51,52)/b28-17+,34-31+. The van der Waals surface area contributed by atoms with Crippen molar-refractivity contribution >= 4 is 41.3 Å². The van der Waals surface area contributed by atoms with Crippen molar-refractivity contribution in [3.05, 3.63) is 95.1 Å². The minimum absolute atomic E-state index is 0.264. The summed E-state index contributed by atoms with van der Waals surface area (Å²) in [5, 5.41) is 19.2. The number of nitrogens with zero attached hydrogens (tertiary/aromatic N) is 2. The average molecular weight is 787 g/mol. The Morgan fingerprint density at radius 1 is 0.638 bits per heavy atom. The fraction of sp³-hybridized carbons (Fsp3) is 0.375. The smallest absolute Gasteiger partial charge is 0.346 e. The molecular weight excluding hydrogens is 733 g/mol. The molecule has 0 radical (unpaired) electrons. The molecule has 0 bridgehead atoms. The highest BCUT2D eigenvalue weighted by atomic mass is 16.7. The number of fused-ring (bicyclic) bond motifs is 2. The van der Waals surface area contributed by atoms with Crippen LogP contribution in [-0.2, 0) is 4.79 Å². The third kappa shape index (κ3) is 10.1. The van der Waals surface area contributed by atoms with Gasteiger partial charge in [0, 0.05) is 44.8 Å². The quantitative estimate of drug-likeness (QED) is 0.0425. The van der Waals surface area contributed by atoms with Crippen LogP contribution in [0, 0.1) is 11.3 Å². The maximum absolute atomic E-state index is 11.8. The van der Waals surface area contributed by atoms with Gasteiger partial charge in [-0.1, -0.05) is 70.6 Å². The first kappa shape index (κ1) is 41.6. The molecule has 0 aromatic heterocycles. The van der Waals surface area contributed by atoms with E-state index in [1.165, 1.54) is 44.6 Å². The van der Waals surface area contributed by atoms with E-state index in [0.29, 0.717) is 30.3 Å². The number of rotatable bonds is 19. The second kappa shape index (κ2) is 18.5. The Morgan fingerprint density at radius 3 is 1.45 bits per heavy atom. The number of anilines is 3. The Bertz CT molecular complexity index is 2040. The minimum Gasteiger partial charge on any atom is -0.494 e. The molecule has 0 aliphatic carbocycles. The molecule has 304 valence electrons.